The molecule has 0 aromatic rings. The first-order valence-corrected chi connectivity index (χ1v) is 3.90. The molecule has 0 aliphatic heterocycles. The smallest absolute Gasteiger partial charge is 0.226 e. The van der Waals surface area contributed by atoms with Crippen LogP contribution < -0.4 is 5.32 Å². The van der Waals surface area contributed by atoms with Crippen molar-refractivity contribution < 1.29 is 9.59 Å². The standard InChI is InChI=1S/C6H11NO2.C2H6/c1-5(2)3-6(9)7-4-8;1-2/h4-5H,3H2,1-2H3,(H,7,8,9);1-2H3. The lowest BCUT2D eigenvalue weighted by atomic mass is 10.1. The molecule has 0 rings (SSSR count). The van der Waals surface area contributed by atoms with Crippen molar-refractivity contribution in [2.45, 2.75) is 34.1 Å². The summed E-state index contributed by atoms with van der Waals surface area (Å²) in [5, 5.41) is 2.06. The molecule has 11 heavy (non-hydrogen) atoms. The fourth-order valence-corrected chi connectivity index (χ4v) is 0.495. The van der Waals surface area contributed by atoms with E-state index >= 15 is 0 Å². The molecule has 0 fully saturated rings. The third kappa shape index (κ3) is 12.4. The van der Waals surface area contributed by atoms with Gasteiger partial charge in [0.05, 0.1) is 0 Å². The molecule has 0 aliphatic carbocycles. The quantitative estimate of drug-likeness (QED) is 0.631. The van der Waals surface area contributed by atoms with Crippen LogP contribution in [0.4, 0.5) is 0 Å². The Morgan fingerprint density at radius 2 is 1.91 bits per heavy atom. The second kappa shape index (κ2) is 9.14. The molecular weight excluding hydrogens is 142 g/mol. The minimum Gasteiger partial charge on any atom is -0.299 e. The Kier molecular flexibility index (Phi) is 10.6. The largest absolute Gasteiger partial charge is 0.299 e. The van der Waals surface area contributed by atoms with E-state index in [1.54, 1.807) is 0 Å². The Morgan fingerprint density at radius 1 is 1.45 bits per heavy atom. The maximum atomic E-state index is 10.5. The molecule has 0 unspecified atom stereocenters. The van der Waals surface area contributed by atoms with E-state index in [0.29, 0.717) is 18.7 Å². The highest BCUT2D eigenvalue weighted by atomic mass is 16.2. The fraction of sp³-hybridized carbons (Fsp3) is 0.750. The summed E-state index contributed by atoms with van der Waals surface area (Å²) >= 11 is 0. The van der Waals surface area contributed by atoms with Gasteiger partial charge in [-0.2, -0.15) is 0 Å². The Bertz CT molecular complexity index is 111. The Hall–Kier alpha value is -0.860. The van der Waals surface area contributed by atoms with Gasteiger partial charge in [0.25, 0.3) is 0 Å². The molecule has 0 aliphatic rings. The molecule has 0 saturated heterocycles. The number of nitrogens with one attached hydrogen (secondary N) is 1. The molecule has 2 amide bonds. The van der Waals surface area contributed by atoms with Gasteiger partial charge in [-0.05, 0) is 5.92 Å². The van der Waals surface area contributed by atoms with Gasteiger partial charge >= 0.3 is 0 Å². The molecule has 0 atom stereocenters. The minimum atomic E-state index is -0.208. The highest BCUT2D eigenvalue weighted by Gasteiger charge is 2.01. The van der Waals surface area contributed by atoms with E-state index in [1.165, 1.54) is 0 Å². The van der Waals surface area contributed by atoms with Crippen molar-refractivity contribution in [2.24, 2.45) is 5.92 Å². The number of carbonyl (C=O) groups excluding carboxylic acids is 2. The van der Waals surface area contributed by atoms with Gasteiger partial charge in [-0.1, -0.05) is 27.7 Å². The normalized spacial score (nSPS) is 8.09. The number of amides is 2. The van der Waals surface area contributed by atoms with Crippen molar-refractivity contribution in [2.75, 3.05) is 0 Å². The van der Waals surface area contributed by atoms with Crippen molar-refractivity contribution in [1.29, 1.82) is 0 Å². The van der Waals surface area contributed by atoms with Crippen molar-refractivity contribution in [3.63, 3.8) is 0 Å². The van der Waals surface area contributed by atoms with Gasteiger partial charge in [-0.25, -0.2) is 0 Å². The van der Waals surface area contributed by atoms with Crippen LogP contribution in [0.1, 0.15) is 34.1 Å². The molecule has 0 heterocycles. The minimum absolute atomic E-state index is 0.208. The van der Waals surface area contributed by atoms with Crippen molar-refractivity contribution >= 4 is 12.3 Å². The molecule has 1 N–H and O–H groups in total. The Balaban J connectivity index is 0. The van der Waals surface area contributed by atoms with E-state index in [2.05, 4.69) is 5.32 Å². The van der Waals surface area contributed by atoms with E-state index in [0.717, 1.165) is 0 Å². The van der Waals surface area contributed by atoms with Gasteiger partial charge in [0, 0.05) is 6.42 Å². The summed E-state index contributed by atoms with van der Waals surface area (Å²) in [7, 11) is 0. The van der Waals surface area contributed by atoms with Crippen LogP contribution in [0, 0.1) is 5.92 Å². The highest BCUT2D eigenvalue weighted by molar-refractivity contribution is 5.85. The van der Waals surface area contributed by atoms with Crippen LogP contribution in [0.5, 0.6) is 0 Å². The van der Waals surface area contributed by atoms with Crippen LogP contribution >= 0.6 is 0 Å². The lowest BCUT2D eigenvalue weighted by Gasteiger charge is -1.99. The highest BCUT2D eigenvalue weighted by Crippen LogP contribution is 1.96. The van der Waals surface area contributed by atoms with Crippen LogP contribution in [0.3, 0.4) is 0 Å². The Labute approximate surface area is 68.2 Å². The van der Waals surface area contributed by atoms with Crippen molar-refractivity contribution in [1.82, 2.24) is 5.32 Å². The number of hydrogen-bond acceptors (Lipinski definition) is 2. The summed E-state index contributed by atoms with van der Waals surface area (Å²) in [5.74, 6) is 0.102. The van der Waals surface area contributed by atoms with Crippen LogP contribution in [-0.2, 0) is 9.59 Å². The third-order valence-corrected chi connectivity index (χ3v) is 0.814. The van der Waals surface area contributed by atoms with E-state index in [4.69, 9.17) is 0 Å². The monoisotopic (exact) mass is 159 g/mol. The van der Waals surface area contributed by atoms with E-state index in [-0.39, 0.29) is 5.91 Å². The zero-order valence-electron chi connectivity index (χ0n) is 7.68. The first-order valence-electron chi connectivity index (χ1n) is 3.90. The van der Waals surface area contributed by atoms with Gasteiger partial charge in [0.1, 0.15) is 0 Å². The predicted molar refractivity (Wildman–Crippen MR) is 45.0 cm³/mol. The SMILES string of the molecule is CC.CC(C)CC(=O)NC=O. The maximum Gasteiger partial charge on any atom is 0.226 e. The van der Waals surface area contributed by atoms with E-state index in [1.807, 2.05) is 27.7 Å². The summed E-state index contributed by atoms with van der Waals surface area (Å²) < 4.78 is 0. The van der Waals surface area contributed by atoms with Crippen molar-refractivity contribution in [3.8, 4) is 0 Å². The van der Waals surface area contributed by atoms with Gasteiger partial charge in [-0.3, -0.25) is 14.9 Å². The molecule has 3 nitrogen and oxygen atoms in total. The van der Waals surface area contributed by atoms with Crippen LogP contribution in [0.25, 0.3) is 0 Å². The topological polar surface area (TPSA) is 46.2 Å². The van der Waals surface area contributed by atoms with E-state index < -0.39 is 0 Å². The second-order valence-electron chi connectivity index (χ2n) is 2.28. The Morgan fingerprint density at radius 3 is 2.18 bits per heavy atom. The molecule has 66 valence electrons. The van der Waals surface area contributed by atoms with Gasteiger partial charge in [-0.15, -0.1) is 0 Å². The summed E-state index contributed by atoms with van der Waals surface area (Å²) in [5.41, 5.74) is 0. The molecule has 0 radical (unpaired) electrons. The van der Waals surface area contributed by atoms with Gasteiger partial charge < -0.3 is 0 Å². The van der Waals surface area contributed by atoms with E-state index in [9.17, 15) is 9.59 Å². The zero-order chi connectivity index (χ0) is 9.28. The third-order valence-electron chi connectivity index (χ3n) is 0.814. The molecular formula is C8H17NO2. The summed E-state index contributed by atoms with van der Waals surface area (Å²) in [6.07, 6.45) is 0.823. The molecule has 0 spiro atoms. The predicted octanol–water partition coefficient (Wildman–Crippen LogP) is 1.33. The average molecular weight is 159 g/mol. The average Bonchev–Trinajstić information content (AvgIpc) is 1.91. The number of hydrogen-bond donors (Lipinski definition) is 1. The van der Waals surface area contributed by atoms with Crippen LogP contribution in [0.15, 0.2) is 0 Å². The number of rotatable bonds is 3. The first-order chi connectivity index (χ1) is 5.16. The number of imide groups is 1. The fourth-order valence-electron chi connectivity index (χ4n) is 0.495. The molecule has 0 saturated carbocycles. The summed E-state index contributed by atoms with van der Waals surface area (Å²) in [6.45, 7) is 7.84. The maximum absolute atomic E-state index is 10.5. The van der Waals surface area contributed by atoms with Crippen molar-refractivity contribution in [3.05, 3.63) is 0 Å². The zero-order valence-corrected chi connectivity index (χ0v) is 7.68. The lowest BCUT2D eigenvalue weighted by Crippen LogP contribution is -2.22. The number of carbonyl (C=O) groups is 2. The molecule has 0 aromatic heterocycles. The molecule has 0 bridgehead atoms. The second-order valence-corrected chi connectivity index (χ2v) is 2.28. The lowest BCUT2D eigenvalue weighted by molar-refractivity contribution is -0.125. The van der Waals surface area contributed by atoms with Crippen LogP contribution in [0.2, 0.25) is 0 Å². The first kappa shape index (κ1) is 12.8. The molecule has 0 aromatic carbocycles. The van der Waals surface area contributed by atoms with Gasteiger partial charge in [0.15, 0.2) is 0 Å². The summed E-state index contributed by atoms with van der Waals surface area (Å²) in [6, 6.07) is 0. The van der Waals surface area contributed by atoms with Crippen LogP contribution in [-0.4, -0.2) is 12.3 Å². The molecule has 3 heteroatoms. The van der Waals surface area contributed by atoms with Gasteiger partial charge in [0.2, 0.25) is 12.3 Å². The summed E-state index contributed by atoms with van der Waals surface area (Å²) in [4.78, 5) is 20.2.